The lowest BCUT2D eigenvalue weighted by atomic mass is 9.93. The monoisotopic (exact) mass is 253 g/mol. The molecule has 3 unspecified atom stereocenters. The van der Waals surface area contributed by atoms with E-state index in [4.69, 9.17) is 11.6 Å². The van der Waals surface area contributed by atoms with Crippen LogP contribution >= 0.6 is 11.6 Å². The molecule has 3 nitrogen and oxygen atoms in total. The standard InChI is InChI=1S/C13H20ClN3/c1-4-10-5-6-11(9(10)3)16-12-7-8(2)15-13(14)17-12/h7,9-11H,4-6H2,1-3H3,(H,15,16,17). The summed E-state index contributed by atoms with van der Waals surface area (Å²) in [5.41, 5.74) is 0.908. The fraction of sp³-hybridized carbons (Fsp3) is 0.692. The van der Waals surface area contributed by atoms with Crippen molar-refractivity contribution < 1.29 is 0 Å². The molecule has 1 aromatic heterocycles. The molecule has 0 saturated heterocycles. The first-order valence-electron chi connectivity index (χ1n) is 6.38. The molecule has 0 amide bonds. The fourth-order valence-corrected chi connectivity index (χ4v) is 3.05. The molecule has 1 N–H and O–H groups in total. The lowest BCUT2D eigenvalue weighted by Crippen LogP contribution is -2.25. The van der Waals surface area contributed by atoms with E-state index in [0.717, 1.165) is 17.4 Å². The number of aryl methyl sites for hydroxylation is 1. The van der Waals surface area contributed by atoms with Gasteiger partial charge < -0.3 is 5.32 Å². The zero-order valence-electron chi connectivity index (χ0n) is 10.7. The fourth-order valence-electron chi connectivity index (χ4n) is 2.82. The lowest BCUT2D eigenvalue weighted by molar-refractivity contribution is 0.391. The second kappa shape index (κ2) is 5.21. The Kier molecular flexibility index (Phi) is 3.87. The van der Waals surface area contributed by atoms with Crippen LogP contribution in [0, 0.1) is 18.8 Å². The third-order valence-electron chi connectivity index (χ3n) is 3.91. The first kappa shape index (κ1) is 12.6. The predicted octanol–water partition coefficient (Wildman–Crippen LogP) is 3.68. The number of aromatic nitrogens is 2. The summed E-state index contributed by atoms with van der Waals surface area (Å²) in [5.74, 6) is 2.40. The van der Waals surface area contributed by atoms with Crippen LogP contribution < -0.4 is 5.32 Å². The van der Waals surface area contributed by atoms with Crippen LogP contribution in [0.25, 0.3) is 0 Å². The van der Waals surface area contributed by atoms with Crippen molar-refractivity contribution in [2.24, 2.45) is 11.8 Å². The third-order valence-corrected chi connectivity index (χ3v) is 4.08. The second-order valence-corrected chi connectivity index (χ2v) is 5.36. The van der Waals surface area contributed by atoms with Gasteiger partial charge in [-0.1, -0.05) is 20.3 Å². The molecule has 0 aliphatic heterocycles. The van der Waals surface area contributed by atoms with Crippen molar-refractivity contribution in [2.45, 2.75) is 46.1 Å². The van der Waals surface area contributed by atoms with Gasteiger partial charge >= 0.3 is 0 Å². The summed E-state index contributed by atoms with van der Waals surface area (Å²) in [4.78, 5) is 8.30. The Balaban J connectivity index is 2.06. The first-order chi connectivity index (χ1) is 8.10. The highest BCUT2D eigenvalue weighted by atomic mass is 35.5. The van der Waals surface area contributed by atoms with E-state index in [1.165, 1.54) is 19.3 Å². The van der Waals surface area contributed by atoms with Gasteiger partial charge in [0.1, 0.15) is 5.82 Å². The molecule has 1 aromatic rings. The molecule has 0 spiro atoms. The molecule has 3 atom stereocenters. The Hall–Kier alpha value is -0.830. The molecule has 2 rings (SSSR count). The molecule has 94 valence electrons. The maximum atomic E-state index is 5.87. The van der Waals surface area contributed by atoms with E-state index < -0.39 is 0 Å². The van der Waals surface area contributed by atoms with Crippen LogP contribution in [0.3, 0.4) is 0 Å². The largest absolute Gasteiger partial charge is 0.367 e. The third kappa shape index (κ3) is 2.89. The summed E-state index contributed by atoms with van der Waals surface area (Å²) in [7, 11) is 0. The zero-order valence-corrected chi connectivity index (χ0v) is 11.5. The van der Waals surface area contributed by atoms with Gasteiger partial charge in [0.25, 0.3) is 0 Å². The van der Waals surface area contributed by atoms with Crippen LogP contribution in [0.5, 0.6) is 0 Å². The van der Waals surface area contributed by atoms with E-state index in [0.29, 0.717) is 17.2 Å². The molecular formula is C13H20ClN3. The predicted molar refractivity (Wildman–Crippen MR) is 71.4 cm³/mol. The van der Waals surface area contributed by atoms with Crippen molar-refractivity contribution in [3.63, 3.8) is 0 Å². The molecule has 1 fully saturated rings. The van der Waals surface area contributed by atoms with Crippen molar-refractivity contribution in [2.75, 3.05) is 5.32 Å². The Morgan fingerprint density at radius 2 is 2.18 bits per heavy atom. The smallest absolute Gasteiger partial charge is 0.224 e. The number of hydrogen-bond acceptors (Lipinski definition) is 3. The molecule has 0 aromatic carbocycles. The van der Waals surface area contributed by atoms with Gasteiger partial charge in [0.2, 0.25) is 5.28 Å². The summed E-state index contributed by atoms with van der Waals surface area (Å²) in [6.45, 7) is 6.54. The minimum atomic E-state index is 0.324. The van der Waals surface area contributed by atoms with Crippen LogP contribution in [0.2, 0.25) is 5.28 Å². The van der Waals surface area contributed by atoms with Gasteiger partial charge in [-0.3, -0.25) is 0 Å². The number of nitrogens with zero attached hydrogens (tertiary/aromatic N) is 2. The van der Waals surface area contributed by atoms with Gasteiger partial charge in [0.05, 0.1) is 0 Å². The van der Waals surface area contributed by atoms with E-state index in [1.807, 2.05) is 13.0 Å². The normalized spacial score (nSPS) is 28.4. The van der Waals surface area contributed by atoms with Crippen LogP contribution in [0.15, 0.2) is 6.07 Å². The van der Waals surface area contributed by atoms with Crippen LogP contribution in [-0.4, -0.2) is 16.0 Å². The van der Waals surface area contributed by atoms with Crippen molar-refractivity contribution in [3.8, 4) is 0 Å². The Labute approximate surface area is 108 Å². The Bertz CT molecular complexity index is 374. The minimum absolute atomic E-state index is 0.324. The second-order valence-electron chi connectivity index (χ2n) is 5.02. The van der Waals surface area contributed by atoms with E-state index in [9.17, 15) is 0 Å². The van der Waals surface area contributed by atoms with Crippen molar-refractivity contribution in [1.29, 1.82) is 0 Å². The van der Waals surface area contributed by atoms with Crippen molar-refractivity contribution >= 4 is 17.4 Å². The van der Waals surface area contributed by atoms with Gasteiger partial charge in [-0.15, -0.1) is 0 Å². The number of hydrogen-bond donors (Lipinski definition) is 1. The van der Waals surface area contributed by atoms with E-state index in [-0.39, 0.29) is 0 Å². The summed E-state index contributed by atoms with van der Waals surface area (Å²) in [6.07, 6.45) is 3.80. The van der Waals surface area contributed by atoms with Gasteiger partial charge in [0.15, 0.2) is 0 Å². The van der Waals surface area contributed by atoms with Gasteiger partial charge in [0, 0.05) is 17.8 Å². The molecule has 1 aliphatic rings. The van der Waals surface area contributed by atoms with Crippen LogP contribution in [-0.2, 0) is 0 Å². The average molecular weight is 254 g/mol. The van der Waals surface area contributed by atoms with E-state index in [2.05, 4.69) is 29.1 Å². The summed E-state index contributed by atoms with van der Waals surface area (Å²) >= 11 is 5.87. The average Bonchev–Trinajstić information content (AvgIpc) is 2.58. The molecule has 1 aliphatic carbocycles. The summed E-state index contributed by atoms with van der Waals surface area (Å²) < 4.78 is 0. The highest BCUT2D eigenvalue weighted by molar-refractivity contribution is 6.28. The van der Waals surface area contributed by atoms with Crippen molar-refractivity contribution in [1.82, 2.24) is 9.97 Å². The first-order valence-corrected chi connectivity index (χ1v) is 6.75. The number of anilines is 1. The number of rotatable bonds is 3. The molecule has 17 heavy (non-hydrogen) atoms. The quantitative estimate of drug-likeness (QED) is 0.836. The maximum absolute atomic E-state index is 5.87. The number of nitrogens with one attached hydrogen (secondary N) is 1. The minimum Gasteiger partial charge on any atom is -0.367 e. The van der Waals surface area contributed by atoms with Crippen LogP contribution in [0.1, 0.15) is 38.8 Å². The van der Waals surface area contributed by atoms with Crippen LogP contribution in [0.4, 0.5) is 5.82 Å². The van der Waals surface area contributed by atoms with Gasteiger partial charge in [-0.2, -0.15) is 0 Å². The topological polar surface area (TPSA) is 37.8 Å². The number of halogens is 1. The summed E-state index contributed by atoms with van der Waals surface area (Å²) in [5, 5.41) is 3.83. The summed E-state index contributed by atoms with van der Waals surface area (Å²) in [6, 6.07) is 2.48. The molecule has 1 heterocycles. The molecule has 0 bridgehead atoms. The van der Waals surface area contributed by atoms with E-state index >= 15 is 0 Å². The Morgan fingerprint density at radius 3 is 2.76 bits per heavy atom. The molecule has 0 radical (unpaired) electrons. The molecular weight excluding hydrogens is 234 g/mol. The van der Waals surface area contributed by atoms with Gasteiger partial charge in [-0.05, 0) is 43.2 Å². The highest BCUT2D eigenvalue weighted by Gasteiger charge is 2.31. The highest BCUT2D eigenvalue weighted by Crippen LogP contribution is 2.35. The maximum Gasteiger partial charge on any atom is 0.224 e. The zero-order chi connectivity index (χ0) is 12.4. The van der Waals surface area contributed by atoms with Crippen molar-refractivity contribution in [3.05, 3.63) is 17.0 Å². The Morgan fingerprint density at radius 1 is 1.41 bits per heavy atom. The lowest BCUT2D eigenvalue weighted by Gasteiger charge is -2.21. The van der Waals surface area contributed by atoms with Gasteiger partial charge in [-0.25, -0.2) is 9.97 Å². The molecule has 4 heteroatoms. The SMILES string of the molecule is CCC1CCC(Nc2cc(C)nc(Cl)n2)C1C. The molecule has 1 saturated carbocycles. The van der Waals surface area contributed by atoms with E-state index in [1.54, 1.807) is 0 Å².